The van der Waals surface area contributed by atoms with Gasteiger partial charge < -0.3 is 5.32 Å². The van der Waals surface area contributed by atoms with Crippen LogP contribution in [-0.4, -0.2) is 11.2 Å². The number of aryl methyl sites for hydroxylation is 1. The Hall–Kier alpha value is -1.16. The van der Waals surface area contributed by atoms with E-state index >= 15 is 0 Å². The van der Waals surface area contributed by atoms with Gasteiger partial charge in [-0.3, -0.25) is 4.79 Å². The van der Waals surface area contributed by atoms with E-state index in [1.807, 2.05) is 32.0 Å². The Morgan fingerprint density at radius 1 is 1.17 bits per heavy atom. The maximum absolute atomic E-state index is 12.4. The number of hydrogen-bond acceptors (Lipinski definition) is 2. The highest BCUT2D eigenvalue weighted by Gasteiger charge is 2.18. The first-order valence-electron chi connectivity index (χ1n) is 7.80. The summed E-state index contributed by atoms with van der Waals surface area (Å²) in [7, 11) is 0. The van der Waals surface area contributed by atoms with Crippen molar-refractivity contribution in [1.82, 2.24) is 5.32 Å². The summed E-state index contributed by atoms with van der Waals surface area (Å²) in [5, 5.41) is 4.03. The SMILES string of the molecule is Cc1ccccc1CS[C@H](C)C(=O)N[C@@H](C)c1ccc(Cl)cc1Cl. The minimum Gasteiger partial charge on any atom is -0.349 e. The maximum Gasteiger partial charge on any atom is 0.233 e. The summed E-state index contributed by atoms with van der Waals surface area (Å²) in [5.41, 5.74) is 3.38. The summed E-state index contributed by atoms with van der Waals surface area (Å²) >= 11 is 13.7. The lowest BCUT2D eigenvalue weighted by Gasteiger charge is -2.19. The molecular formula is C19H21Cl2NOS. The third-order valence-electron chi connectivity index (χ3n) is 3.91. The second-order valence-electron chi connectivity index (χ2n) is 5.78. The van der Waals surface area contributed by atoms with Crippen LogP contribution in [0, 0.1) is 6.92 Å². The highest BCUT2D eigenvalue weighted by molar-refractivity contribution is 7.99. The van der Waals surface area contributed by atoms with Gasteiger partial charge in [-0.25, -0.2) is 0 Å². The summed E-state index contributed by atoms with van der Waals surface area (Å²) in [6.45, 7) is 5.94. The lowest BCUT2D eigenvalue weighted by atomic mass is 10.1. The van der Waals surface area contributed by atoms with Crippen molar-refractivity contribution in [3.63, 3.8) is 0 Å². The van der Waals surface area contributed by atoms with Crippen LogP contribution in [0.25, 0.3) is 0 Å². The van der Waals surface area contributed by atoms with Crippen molar-refractivity contribution >= 4 is 40.9 Å². The second kappa shape index (κ2) is 8.80. The van der Waals surface area contributed by atoms with Crippen molar-refractivity contribution in [1.29, 1.82) is 0 Å². The zero-order valence-corrected chi connectivity index (χ0v) is 16.3. The van der Waals surface area contributed by atoms with Crippen LogP contribution < -0.4 is 5.32 Å². The molecule has 0 aliphatic carbocycles. The molecule has 0 heterocycles. The van der Waals surface area contributed by atoms with Crippen molar-refractivity contribution in [2.75, 3.05) is 0 Å². The number of halogens is 2. The predicted octanol–water partition coefficient (Wildman–Crippen LogP) is 5.80. The molecule has 2 atom stereocenters. The Morgan fingerprint density at radius 3 is 2.54 bits per heavy atom. The Bertz CT molecular complexity index is 720. The van der Waals surface area contributed by atoms with E-state index in [9.17, 15) is 4.79 Å². The van der Waals surface area contributed by atoms with Gasteiger partial charge in [-0.2, -0.15) is 0 Å². The second-order valence-corrected chi connectivity index (χ2v) is 7.95. The molecule has 0 bridgehead atoms. The molecule has 0 aromatic heterocycles. The van der Waals surface area contributed by atoms with Gasteiger partial charge in [0.2, 0.25) is 5.91 Å². The van der Waals surface area contributed by atoms with Gasteiger partial charge in [0.15, 0.2) is 0 Å². The lowest BCUT2D eigenvalue weighted by molar-refractivity contribution is -0.120. The number of thioether (sulfide) groups is 1. The predicted molar refractivity (Wildman–Crippen MR) is 105 cm³/mol. The number of nitrogens with one attached hydrogen (secondary N) is 1. The third-order valence-corrected chi connectivity index (χ3v) is 5.66. The van der Waals surface area contributed by atoms with Gasteiger partial charge in [-0.15, -0.1) is 11.8 Å². The van der Waals surface area contributed by atoms with Gasteiger partial charge >= 0.3 is 0 Å². The minimum atomic E-state index is -0.163. The fourth-order valence-corrected chi connectivity index (χ4v) is 3.87. The first-order valence-corrected chi connectivity index (χ1v) is 9.60. The van der Waals surface area contributed by atoms with Crippen molar-refractivity contribution in [2.24, 2.45) is 0 Å². The van der Waals surface area contributed by atoms with Crippen LogP contribution in [0.2, 0.25) is 10.0 Å². The summed E-state index contributed by atoms with van der Waals surface area (Å²) in [6.07, 6.45) is 0. The summed E-state index contributed by atoms with van der Waals surface area (Å²) in [6, 6.07) is 13.4. The Balaban J connectivity index is 1.92. The molecule has 0 aliphatic rings. The quantitative estimate of drug-likeness (QED) is 0.684. The molecule has 0 saturated carbocycles. The van der Waals surface area contributed by atoms with Crippen molar-refractivity contribution in [3.05, 3.63) is 69.2 Å². The van der Waals surface area contributed by atoms with E-state index in [2.05, 4.69) is 24.4 Å². The van der Waals surface area contributed by atoms with Crippen LogP contribution in [0.5, 0.6) is 0 Å². The molecule has 2 aromatic rings. The molecule has 2 aromatic carbocycles. The zero-order chi connectivity index (χ0) is 17.7. The van der Waals surface area contributed by atoms with Crippen molar-refractivity contribution < 1.29 is 4.79 Å². The van der Waals surface area contributed by atoms with Gasteiger partial charge in [-0.05, 0) is 49.6 Å². The third kappa shape index (κ3) is 5.17. The topological polar surface area (TPSA) is 29.1 Å². The van der Waals surface area contributed by atoms with Crippen molar-refractivity contribution in [2.45, 2.75) is 37.8 Å². The standard InChI is InChI=1S/C19H21Cl2NOS/c1-12-6-4-5-7-15(12)11-24-14(3)19(23)22-13(2)17-9-8-16(20)10-18(17)21/h4-10,13-14H,11H2,1-3H3,(H,22,23)/t13-,14+/m0/s1. The fraction of sp³-hybridized carbons (Fsp3) is 0.316. The molecule has 24 heavy (non-hydrogen) atoms. The van der Waals surface area contributed by atoms with Gasteiger partial charge in [0, 0.05) is 15.8 Å². The van der Waals surface area contributed by atoms with E-state index in [0.717, 1.165) is 11.3 Å². The average Bonchev–Trinajstić information content (AvgIpc) is 2.53. The van der Waals surface area contributed by atoms with E-state index < -0.39 is 0 Å². The molecule has 5 heteroatoms. The number of carbonyl (C=O) groups excluding carboxylic acids is 1. The van der Waals surface area contributed by atoms with Crippen LogP contribution in [0.4, 0.5) is 0 Å². The van der Waals surface area contributed by atoms with Crippen molar-refractivity contribution in [3.8, 4) is 0 Å². The first-order chi connectivity index (χ1) is 11.4. The normalized spacial score (nSPS) is 13.4. The molecule has 0 spiro atoms. The van der Waals surface area contributed by atoms with Gasteiger partial charge in [0.25, 0.3) is 0 Å². The highest BCUT2D eigenvalue weighted by Crippen LogP contribution is 2.27. The molecule has 0 unspecified atom stereocenters. The Morgan fingerprint density at radius 2 is 1.88 bits per heavy atom. The minimum absolute atomic E-state index is 0.00657. The molecular weight excluding hydrogens is 361 g/mol. The number of benzene rings is 2. The van der Waals surface area contributed by atoms with E-state index in [1.165, 1.54) is 11.1 Å². The fourth-order valence-electron chi connectivity index (χ4n) is 2.32. The lowest BCUT2D eigenvalue weighted by Crippen LogP contribution is -2.33. The van der Waals surface area contributed by atoms with Gasteiger partial charge in [0.1, 0.15) is 0 Å². The first kappa shape index (κ1) is 19.2. The van der Waals surface area contributed by atoms with Crippen LogP contribution in [-0.2, 0) is 10.5 Å². The number of rotatable bonds is 6. The molecule has 0 saturated heterocycles. The van der Waals surface area contributed by atoms with Crippen LogP contribution in [0.3, 0.4) is 0 Å². The molecule has 128 valence electrons. The summed E-state index contributed by atoms with van der Waals surface area (Å²) < 4.78 is 0. The summed E-state index contributed by atoms with van der Waals surface area (Å²) in [5.74, 6) is 0.823. The molecule has 2 rings (SSSR count). The van der Waals surface area contributed by atoms with E-state index in [4.69, 9.17) is 23.2 Å². The summed E-state index contributed by atoms with van der Waals surface area (Å²) in [4.78, 5) is 12.4. The van der Waals surface area contributed by atoms with E-state index in [1.54, 1.807) is 23.9 Å². The molecule has 2 nitrogen and oxygen atoms in total. The molecule has 1 amide bonds. The van der Waals surface area contributed by atoms with Crippen LogP contribution in [0.15, 0.2) is 42.5 Å². The number of carbonyl (C=O) groups is 1. The smallest absolute Gasteiger partial charge is 0.233 e. The van der Waals surface area contributed by atoms with E-state index in [-0.39, 0.29) is 17.2 Å². The zero-order valence-electron chi connectivity index (χ0n) is 14.0. The molecule has 0 radical (unpaired) electrons. The number of amides is 1. The van der Waals surface area contributed by atoms with Crippen LogP contribution in [0.1, 0.15) is 36.6 Å². The van der Waals surface area contributed by atoms with E-state index in [0.29, 0.717) is 10.0 Å². The molecule has 0 aliphatic heterocycles. The van der Waals surface area contributed by atoms with Gasteiger partial charge in [0.05, 0.1) is 11.3 Å². The largest absolute Gasteiger partial charge is 0.349 e. The molecule has 1 N–H and O–H groups in total. The highest BCUT2D eigenvalue weighted by atomic mass is 35.5. The molecule has 0 fully saturated rings. The average molecular weight is 382 g/mol. The number of hydrogen-bond donors (Lipinski definition) is 1. The maximum atomic E-state index is 12.4. The Labute approximate surface area is 157 Å². The van der Waals surface area contributed by atoms with Crippen LogP contribution >= 0.6 is 35.0 Å². The Kier molecular flexibility index (Phi) is 7.02. The monoisotopic (exact) mass is 381 g/mol. The van der Waals surface area contributed by atoms with Gasteiger partial charge in [-0.1, -0.05) is 53.5 Å².